The second kappa shape index (κ2) is 14.4. The van der Waals surface area contributed by atoms with E-state index < -0.39 is 0 Å². The van der Waals surface area contributed by atoms with Crippen LogP contribution in [0.3, 0.4) is 0 Å². The standard InChI is InChI=1S/C61H42FN/c1-61(2)57-24-10-9-19-49(57)50-36-34-46(38-58(50)61)63(45-32-28-43(62)29-33-45)44-30-25-39(26-31-44)42-27-35-55-56(37-42)60(52-23-12-16-41-14-4-6-18-48(41)52)54-21-8-7-20-53(54)59(55)51-22-11-15-40-13-3-5-17-47(40)51/h3-38H,1-2H3. The van der Waals surface area contributed by atoms with Gasteiger partial charge < -0.3 is 4.90 Å². The Morgan fingerprint density at radius 2 is 0.794 bits per heavy atom. The third kappa shape index (κ3) is 5.90. The molecular weight excluding hydrogens is 766 g/mol. The average molecular weight is 808 g/mol. The van der Waals surface area contributed by atoms with Gasteiger partial charge >= 0.3 is 0 Å². The molecule has 1 aliphatic rings. The van der Waals surface area contributed by atoms with E-state index in [0.29, 0.717) is 0 Å². The van der Waals surface area contributed by atoms with E-state index >= 15 is 0 Å². The number of rotatable bonds is 6. The normalized spacial score (nSPS) is 12.8. The molecule has 1 nitrogen and oxygen atoms in total. The molecule has 0 spiro atoms. The summed E-state index contributed by atoms with van der Waals surface area (Å²) >= 11 is 0. The van der Waals surface area contributed by atoms with Crippen LogP contribution in [0, 0.1) is 5.82 Å². The Morgan fingerprint density at radius 1 is 0.333 bits per heavy atom. The molecule has 11 aromatic rings. The lowest BCUT2D eigenvalue weighted by molar-refractivity contribution is 0.628. The topological polar surface area (TPSA) is 3.24 Å². The van der Waals surface area contributed by atoms with E-state index in [-0.39, 0.29) is 11.2 Å². The van der Waals surface area contributed by atoms with E-state index in [1.165, 1.54) is 87.6 Å². The zero-order chi connectivity index (χ0) is 42.2. The molecular formula is C61H42FN. The molecule has 298 valence electrons. The first kappa shape index (κ1) is 37.0. The van der Waals surface area contributed by atoms with Crippen LogP contribution in [0.5, 0.6) is 0 Å². The van der Waals surface area contributed by atoms with Crippen LogP contribution in [0.25, 0.3) is 87.6 Å². The quantitative estimate of drug-likeness (QED) is 0.151. The molecule has 0 saturated carbocycles. The van der Waals surface area contributed by atoms with Crippen molar-refractivity contribution >= 4 is 60.2 Å². The summed E-state index contributed by atoms with van der Waals surface area (Å²) in [6, 6.07) is 77.9. The Balaban J connectivity index is 1.05. The predicted octanol–water partition coefficient (Wildman–Crippen LogP) is 17.2. The first-order chi connectivity index (χ1) is 30.9. The minimum Gasteiger partial charge on any atom is -0.310 e. The van der Waals surface area contributed by atoms with E-state index in [1.807, 2.05) is 12.1 Å². The highest BCUT2D eigenvalue weighted by atomic mass is 19.1. The van der Waals surface area contributed by atoms with Crippen LogP contribution in [-0.4, -0.2) is 0 Å². The fraction of sp³-hybridized carbons (Fsp3) is 0.0492. The molecule has 63 heavy (non-hydrogen) atoms. The van der Waals surface area contributed by atoms with Crippen molar-refractivity contribution in [1.82, 2.24) is 0 Å². The Hall–Kier alpha value is -7.81. The van der Waals surface area contributed by atoms with Gasteiger partial charge in [-0.1, -0.05) is 178 Å². The fourth-order valence-electron chi connectivity index (χ4n) is 10.5. The lowest BCUT2D eigenvalue weighted by atomic mass is 9.82. The molecule has 0 aliphatic heterocycles. The smallest absolute Gasteiger partial charge is 0.123 e. The third-order valence-electron chi connectivity index (χ3n) is 13.5. The molecule has 0 atom stereocenters. The molecule has 0 bridgehead atoms. The van der Waals surface area contributed by atoms with Gasteiger partial charge in [-0.05, 0) is 153 Å². The van der Waals surface area contributed by atoms with Gasteiger partial charge in [0.1, 0.15) is 5.82 Å². The summed E-state index contributed by atoms with van der Waals surface area (Å²) in [5.74, 6) is -0.254. The van der Waals surface area contributed by atoms with Crippen LogP contribution in [0.2, 0.25) is 0 Å². The van der Waals surface area contributed by atoms with Crippen molar-refractivity contribution in [2.24, 2.45) is 0 Å². The first-order valence-corrected chi connectivity index (χ1v) is 21.8. The zero-order valence-corrected chi connectivity index (χ0v) is 35.1. The number of anilines is 3. The van der Waals surface area contributed by atoms with Crippen molar-refractivity contribution in [2.45, 2.75) is 19.3 Å². The Morgan fingerprint density at radius 3 is 1.44 bits per heavy atom. The summed E-state index contributed by atoms with van der Waals surface area (Å²) < 4.78 is 14.4. The SMILES string of the molecule is CC1(C)c2ccccc2-c2ccc(N(c3ccc(F)cc3)c3ccc(-c4ccc5c(-c6cccc7ccccc67)c6ccccc6c(-c6cccc7ccccc67)c5c4)cc3)cc21. The van der Waals surface area contributed by atoms with Gasteiger partial charge in [0, 0.05) is 22.5 Å². The maximum atomic E-state index is 14.4. The molecule has 2 heteroatoms. The summed E-state index contributed by atoms with van der Waals surface area (Å²) in [5, 5.41) is 9.82. The maximum Gasteiger partial charge on any atom is 0.123 e. The van der Waals surface area contributed by atoms with Crippen LogP contribution in [-0.2, 0) is 5.41 Å². The van der Waals surface area contributed by atoms with Gasteiger partial charge in [0.05, 0.1) is 0 Å². The highest BCUT2D eigenvalue weighted by Gasteiger charge is 2.35. The van der Waals surface area contributed by atoms with Crippen molar-refractivity contribution in [3.63, 3.8) is 0 Å². The van der Waals surface area contributed by atoms with E-state index in [4.69, 9.17) is 0 Å². The zero-order valence-electron chi connectivity index (χ0n) is 35.1. The lowest BCUT2D eigenvalue weighted by Gasteiger charge is -2.28. The fourth-order valence-corrected chi connectivity index (χ4v) is 10.5. The third-order valence-corrected chi connectivity index (χ3v) is 13.5. The van der Waals surface area contributed by atoms with Crippen LogP contribution < -0.4 is 4.90 Å². The van der Waals surface area contributed by atoms with Crippen LogP contribution in [0.4, 0.5) is 21.5 Å². The molecule has 0 N–H and O–H groups in total. The van der Waals surface area contributed by atoms with Crippen LogP contribution >= 0.6 is 0 Å². The molecule has 0 aromatic heterocycles. The van der Waals surface area contributed by atoms with E-state index in [2.05, 4.69) is 213 Å². The van der Waals surface area contributed by atoms with Crippen molar-refractivity contribution < 1.29 is 4.39 Å². The molecule has 0 amide bonds. The minimum atomic E-state index is -0.254. The summed E-state index contributed by atoms with van der Waals surface area (Å²) in [5.41, 5.74) is 15.2. The summed E-state index contributed by atoms with van der Waals surface area (Å²) in [4.78, 5) is 2.24. The van der Waals surface area contributed by atoms with Gasteiger partial charge in [-0.15, -0.1) is 0 Å². The Kier molecular flexibility index (Phi) is 8.45. The summed E-state index contributed by atoms with van der Waals surface area (Å²) in [7, 11) is 0. The van der Waals surface area contributed by atoms with Crippen molar-refractivity contribution in [1.29, 1.82) is 0 Å². The van der Waals surface area contributed by atoms with Crippen molar-refractivity contribution in [3.8, 4) is 44.5 Å². The van der Waals surface area contributed by atoms with E-state index in [1.54, 1.807) is 12.1 Å². The van der Waals surface area contributed by atoms with Gasteiger partial charge in [0.15, 0.2) is 0 Å². The van der Waals surface area contributed by atoms with Crippen molar-refractivity contribution in [2.75, 3.05) is 4.90 Å². The number of nitrogens with zero attached hydrogens (tertiary/aromatic N) is 1. The summed E-state index contributed by atoms with van der Waals surface area (Å²) in [6.07, 6.45) is 0. The van der Waals surface area contributed by atoms with E-state index in [0.717, 1.165) is 28.2 Å². The van der Waals surface area contributed by atoms with Crippen LogP contribution in [0.1, 0.15) is 25.0 Å². The number of halogens is 1. The van der Waals surface area contributed by atoms with Gasteiger partial charge in [-0.3, -0.25) is 0 Å². The molecule has 0 unspecified atom stereocenters. The monoisotopic (exact) mass is 807 g/mol. The van der Waals surface area contributed by atoms with Gasteiger partial charge in [-0.2, -0.15) is 0 Å². The van der Waals surface area contributed by atoms with Gasteiger partial charge in [-0.25, -0.2) is 4.39 Å². The van der Waals surface area contributed by atoms with Gasteiger partial charge in [0.25, 0.3) is 0 Å². The van der Waals surface area contributed by atoms with Crippen LogP contribution in [0.15, 0.2) is 218 Å². The molecule has 0 radical (unpaired) electrons. The number of hydrogen-bond donors (Lipinski definition) is 0. The minimum absolute atomic E-state index is 0.153. The Labute approximate surface area is 367 Å². The number of fused-ring (bicyclic) bond motifs is 7. The second-order valence-electron chi connectivity index (χ2n) is 17.4. The average Bonchev–Trinajstić information content (AvgIpc) is 3.56. The maximum absolute atomic E-state index is 14.4. The molecule has 0 saturated heterocycles. The molecule has 12 rings (SSSR count). The molecule has 0 fully saturated rings. The lowest BCUT2D eigenvalue weighted by Crippen LogP contribution is -2.16. The first-order valence-electron chi connectivity index (χ1n) is 21.8. The highest BCUT2D eigenvalue weighted by molar-refractivity contribution is 6.25. The molecule has 1 aliphatic carbocycles. The molecule has 11 aromatic carbocycles. The van der Waals surface area contributed by atoms with Crippen molar-refractivity contribution in [3.05, 3.63) is 235 Å². The number of hydrogen-bond acceptors (Lipinski definition) is 1. The number of benzene rings is 11. The Bertz CT molecular complexity index is 3590. The molecule has 0 heterocycles. The highest BCUT2D eigenvalue weighted by Crippen LogP contribution is 2.51. The predicted molar refractivity (Wildman–Crippen MR) is 265 cm³/mol. The summed E-state index contributed by atoms with van der Waals surface area (Å²) in [6.45, 7) is 4.61. The largest absolute Gasteiger partial charge is 0.310 e. The van der Waals surface area contributed by atoms with Gasteiger partial charge in [0.2, 0.25) is 0 Å². The second-order valence-corrected chi connectivity index (χ2v) is 17.4. The van der Waals surface area contributed by atoms with E-state index in [9.17, 15) is 4.39 Å².